The molecule has 1 saturated carbocycles. The summed E-state index contributed by atoms with van der Waals surface area (Å²) in [5.41, 5.74) is 9.66. The number of primary amides is 1. The van der Waals surface area contributed by atoms with Gasteiger partial charge < -0.3 is 15.8 Å². The van der Waals surface area contributed by atoms with Crippen LogP contribution >= 0.6 is 0 Å². The molecular weight excluding hydrogens is 414 g/mol. The second-order valence-corrected chi connectivity index (χ2v) is 8.74. The molecule has 0 radical (unpaired) electrons. The zero-order chi connectivity index (χ0) is 23.2. The number of para-hydroxylation sites is 1. The van der Waals surface area contributed by atoms with Crippen LogP contribution in [-0.2, 0) is 11.3 Å². The minimum atomic E-state index is -0.419. The van der Waals surface area contributed by atoms with Crippen LogP contribution in [0.4, 0.5) is 0 Å². The molecule has 2 amide bonds. The number of fused-ring (bicyclic) bond motifs is 1. The highest BCUT2D eigenvalue weighted by Crippen LogP contribution is 2.36. The molecule has 0 saturated heterocycles. The van der Waals surface area contributed by atoms with E-state index in [1.54, 1.807) is 0 Å². The molecule has 1 heterocycles. The fraction of sp³-hybridized carbons (Fsp3) is 0.370. The van der Waals surface area contributed by atoms with Gasteiger partial charge in [0.1, 0.15) is 0 Å². The highest BCUT2D eigenvalue weighted by molar-refractivity contribution is 6.05. The van der Waals surface area contributed by atoms with Gasteiger partial charge >= 0.3 is 0 Å². The van der Waals surface area contributed by atoms with Crippen molar-refractivity contribution >= 4 is 22.7 Å². The van der Waals surface area contributed by atoms with E-state index in [2.05, 4.69) is 5.32 Å². The van der Waals surface area contributed by atoms with Crippen LogP contribution in [0.1, 0.15) is 70.5 Å². The van der Waals surface area contributed by atoms with E-state index in [9.17, 15) is 9.59 Å². The lowest BCUT2D eigenvalue weighted by molar-refractivity contribution is 0.0941. The number of rotatable bonds is 8. The molecule has 1 aromatic heterocycles. The second kappa shape index (κ2) is 10.6. The van der Waals surface area contributed by atoms with Gasteiger partial charge in [0.25, 0.3) is 5.91 Å². The monoisotopic (exact) mass is 445 g/mol. The standard InChI is InChI=1S/C27H31N3O3/c1-2-33-17-19-9-13-21(14-10-19)27(32)29-16-18-7-11-20(12-8-18)25-15-23(26(28)31)22-5-3-4-6-24(22)30-25/h3-6,9-10,13-15,18,20H,2,7-8,11-12,16-17H2,1H3,(H2,28,31)(H,29,32). The molecule has 0 unspecified atom stereocenters. The smallest absolute Gasteiger partial charge is 0.251 e. The fourth-order valence-electron chi connectivity index (χ4n) is 4.58. The van der Waals surface area contributed by atoms with Crippen molar-refractivity contribution in [3.8, 4) is 0 Å². The number of aromatic nitrogens is 1. The summed E-state index contributed by atoms with van der Waals surface area (Å²) in [4.78, 5) is 29.3. The van der Waals surface area contributed by atoms with E-state index in [0.717, 1.165) is 47.8 Å². The Morgan fingerprint density at radius 2 is 1.79 bits per heavy atom. The van der Waals surface area contributed by atoms with Crippen LogP contribution in [0.2, 0.25) is 0 Å². The molecule has 1 fully saturated rings. The first-order chi connectivity index (χ1) is 16.0. The van der Waals surface area contributed by atoms with E-state index in [1.807, 2.05) is 61.5 Å². The number of ether oxygens (including phenoxy) is 1. The van der Waals surface area contributed by atoms with Crippen molar-refractivity contribution < 1.29 is 14.3 Å². The van der Waals surface area contributed by atoms with E-state index < -0.39 is 5.91 Å². The predicted octanol–water partition coefficient (Wildman–Crippen LogP) is 4.57. The summed E-state index contributed by atoms with van der Waals surface area (Å²) in [7, 11) is 0. The highest BCUT2D eigenvalue weighted by Gasteiger charge is 2.25. The second-order valence-electron chi connectivity index (χ2n) is 8.74. The summed E-state index contributed by atoms with van der Waals surface area (Å²) < 4.78 is 5.40. The first-order valence-corrected chi connectivity index (χ1v) is 11.7. The molecule has 0 bridgehead atoms. The largest absolute Gasteiger partial charge is 0.377 e. The number of nitrogens with one attached hydrogen (secondary N) is 1. The molecule has 0 spiro atoms. The van der Waals surface area contributed by atoms with E-state index in [4.69, 9.17) is 15.5 Å². The average Bonchev–Trinajstić information content (AvgIpc) is 2.86. The normalized spacial score (nSPS) is 18.2. The minimum absolute atomic E-state index is 0.0395. The number of amides is 2. The first kappa shape index (κ1) is 22.9. The molecule has 6 heteroatoms. The lowest BCUT2D eigenvalue weighted by Gasteiger charge is -2.28. The Kier molecular flexibility index (Phi) is 7.35. The van der Waals surface area contributed by atoms with Gasteiger partial charge in [0, 0.05) is 35.7 Å². The number of nitrogens with zero attached hydrogens (tertiary/aromatic N) is 1. The first-order valence-electron chi connectivity index (χ1n) is 11.7. The van der Waals surface area contributed by atoms with Crippen molar-refractivity contribution in [2.45, 2.75) is 45.1 Å². The van der Waals surface area contributed by atoms with Crippen molar-refractivity contribution in [3.05, 3.63) is 77.0 Å². The zero-order valence-corrected chi connectivity index (χ0v) is 19.0. The van der Waals surface area contributed by atoms with Gasteiger partial charge in [-0.25, -0.2) is 0 Å². The van der Waals surface area contributed by atoms with Crippen molar-refractivity contribution in [3.63, 3.8) is 0 Å². The lowest BCUT2D eigenvalue weighted by atomic mass is 9.80. The molecule has 0 aliphatic heterocycles. The predicted molar refractivity (Wildman–Crippen MR) is 129 cm³/mol. The molecule has 6 nitrogen and oxygen atoms in total. The van der Waals surface area contributed by atoms with Gasteiger partial charge in [-0.05, 0) is 68.4 Å². The Balaban J connectivity index is 1.32. The van der Waals surface area contributed by atoms with Crippen LogP contribution in [0.3, 0.4) is 0 Å². The topological polar surface area (TPSA) is 94.3 Å². The maximum Gasteiger partial charge on any atom is 0.251 e. The van der Waals surface area contributed by atoms with Gasteiger partial charge in [-0.15, -0.1) is 0 Å². The third kappa shape index (κ3) is 5.57. The molecule has 4 rings (SSSR count). The molecule has 33 heavy (non-hydrogen) atoms. The average molecular weight is 446 g/mol. The number of carbonyl (C=O) groups is 2. The summed E-state index contributed by atoms with van der Waals surface area (Å²) >= 11 is 0. The van der Waals surface area contributed by atoms with E-state index in [-0.39, 0.29) is 5.91 Å². The summed E-state index contributed by atoms with van der Waals surface area (Å²) in [6.07, 6.45) is 3.99. The third-order valence-electron chi connectivity index (χ3n) is 6.51. The molecule has 172 valence electrons. The molecule has 3 N–H and O–H groups in total. The molecular formula is C27H31N3O3. The van der Waals surface area contributed by atoms with Gasteiger partial charge in [-0.1, -0.05) is 30.3 Å². The van der Waals surface area contributed by atoms with Crippen molar-refractivity contribution in [1.82, 2.24) is 10.3 Å². The SMILES string of the molecule is CCOCc1ccc(C(=O)NCC2CCC(c3cc(C(N)=O)c4ccccc4n3)CC2)cc1. The van der Waals surface area contributed by atoms with Gasteiger partial charge in [0.15, 0.2) is 0 Å². The maximum atomic E-state index is 12.5. The van der Waals surface area contributed by atoms with Gasteiger partial charge in [0.2, 0.25) is 5.91 Å². The van der Waals surface area contributed by atoms with Crippen LogP contribution in [0.25, 0.3) is 10.9 Å². The number of pyridine rings is 1. The van der Waals surface area contributed by atoms with E-state index in [0.29, 0.717) is 42.7 Å². The fourth-order valence-corrected chi connectivity index (χ4v) is 4.58. The van der Waals surface area contributed by atoms with E-state index in [1.165, 1.54) is 0 Å². The Morgan fingerprint density at radius 1 is 1.06 bits per heavy atom. The number of carbonyl (C=O) groups excluding carboxylic acids is 2. The Bertz CT molecular complexity index is 1120. The molecule has 2 aromatic carbocycles. The molecule has 0 atom stereocenters. The Morgan fingerprint density at radius 3 is 2.48 bits per heavy atom. The van der Waals surface area contributed by atoms with E-state index >= 15 is 0 Å². The summed E-state index contributed by atoms with van der Waals surface area (Å²) in [6.45, 7) is 3.87. The highest BCUT2D eigenvalue weighted by atomic mass is 16.5. The van der Waals surface area contributed by atoms with Crippen molar-refractivity contribution in [2.24, 2.45) is 11.7 Å². The summed E-state index contributed by atoms with van der Waals surface area (Å²) in [5.74, 6) is 0.288. The summed E-state index contributed by atoms with van der Waals surface area (Å²) in [6, 6.07) is 17.1. The zero-order valence-electron chi connectivity index (χ0n) is 19.0. The summed E-state index contributed by atoms with van der Waals surface area (Å²) in [5, 5.41) is 3.89. The molecule has 1 aliphatic carbocycles. The minimum Gasteiger partial charge on any atom is -0.377 e. The van der Waals surface area contributed by atoms with Crippen molar-refractivity contribution in [1.29, 1.82) is 0 Å². The Hall–Kier alpha value is -3.25. The number of nitrogens with two attached hydrogens (primary N) is 1. The molecule has 1 aliphatic rings. The van der Waals surface area contributed by atoms with Crippen LogP contribution in [0, 0.1) is 5.92 Å². The number of hydrogen-bond donors (Lipinski definition) is 2. The van der Waals surface area contributed by atoms with Crippen LogP contribution in [0.15, 0.2) is 54.6 Å². The van der Waals surface area contributed by atoms with Crippen LogP contribution in [-0.4, -0.2) is 29.9 Å². The van der Waals surface area contributed by atoms with Crippen LogP contribution in [0.5, 0.6) is 0 Å². The third-order valence-corrected chi connectivity index (χ3v) is 6.51. The van der Waals surface area contributed by atoms with Crippen LogP contribution < -0.4 is 11.1 Å². The quantitative estimate of drug-likeness (QED) is 0.531. The number of hydrogen-bond acceptors (Lipinski definition) is 4. The van der Waals surface area contributed by atoms with Gasteiger partial charge in [-0.3, -0.25) is 14.6 Å². The maximum absolute atomic E-state index is 12.5. The lowest BCUT2D eigenvalue weighted by Crippen LogP contribution is -2.31. The van der Waals surface area contributed by atoms with Gasteiger partial charge in [-0.2, -0.15) is 0 Å². The molecule has 3 aromatic rings. The van der Waals surface area contributed by atoms with Crippen molar-refractivity contribution in [2.75, 3.05) is 13.2 Å². The number of benzene rings is 2. The van der Waals surface area contributed by atoms with Gasteiger partial charge in [0.05, 0.1) is 17.7 Å². The Labute approximate surface area is 194 Å².